The van der Waals surface area contributed by atoms with Crippen molar-refractivity contribution in [1.82, 2.24) is 10.6 Å². The standard InChI is InChI=1S/C19H31N3O2.HI/c1-5-19(10-7-11-19)14-22-18(20-6-2)21-13-15-8-9-16(23-3)17(12-15)24-4;/h8-9,12H,5-7,10-11,13-14H2,1-4H3,(H2,20,21,22);1H. The molecule has 0 bridgehead atoms. The summed E-state index contributed by atoms with van der Waals surface area (Å²) in [6.45, 7) is 6.84. The van der Waals surface area contributed by atoms with Gasteiger partial charge in [-0.25, -0.2) is 4.99 Å². The van der Waals surface area contributed by atoms with Crippen LogP contribution in [-0.2, 0) is 6.54 Å². The molecule has 0 amide bonds. The fraction of sp³-hybridized carbons (Fsp3) is 0.632. The lowest BCUT2D eigenvalue weighted by atomic mass is 9.67. The highest BCUT2D eigenvalue weighted by molar-refractivity contribution is 14.0. The molecule has 0 radical (unpaired) electrons. The van der Waals surface area contributed by atoms with Gasteiger partial charge in [0.05, 0.1) is 20.8 Å². The van der Waals surface area contributed by atoms with Crippen molar-refractivity contribution < 1.29 is 9.47 Å². The maximum Gasteiger partial charge on any atom is 0.191 e. The molecule has 1 aromatic carbocycles. The van der Waals surface area contributed by atoms with Gasteiger partial charge in [0.15, 0.2) is 17.5 Å². The molecule has 0 unspecified atom stereocenters. The molecule has 2 rings (SSSR count). The normalized spacial score (nSPS) is 15.6. The lowest BCUT2D eigenvalue weighted by Gasteiger charge is -2.41. The second-order valence-corrected chi connectivity index (χ2v) is 6.45. The van der Waals surface area contributed by atoms with Crippen LogP contribution in [0, 0.1) is 5.41 Å². The molecule has 25 heavy (non-hydrogen) atoms. The maximum absolute atomic E-state index is 5.36. The van der Waals surface area contributed by atoms with Gasteiger partial charge in [0.1, 0.15) is 0 Å². The average Bonchev–Trinajstić information content (AvgIpc) is 2.58. The van der Waals surface area contributed by atoms with Crippen LogP contribution in [0.4, 0.5) is 0 Å². The number of guanidine groups is 1. The first-order valence-corrected chi connectivity index (χ1v) is 8.89. The van der Waals surface area contributed by atoms with E-state index in [0.717, 1.165) is 36.1 Å². The molecule has 2 N–H and O–H groups in total. The van der Waals surface area contributed by atoms with E-state index in [-0.39, 0.29) is 24.0 Å². The average molecular weight is 461 g/mol. The molecule has 1 aliphatic rings. The van der Waals surface area contributed by atoms with Gasteiger partial charge in [0.25, 0.3) is 0 Å². The smallest absolute Gasteiger partial charge is 0.191 e. The number of ether oxygens (including phenoxy) is 2. The number of nitrogens with zero attached hydrogens (tertiary/aromatic N) is 1. The fourth-order valence-corrected chi connectivity index (χ4v) is 3.09. The largest absolute Gasteiger partial charge is 0.493 e. The highest BCUT2D eigenvalue weighted by atomic mass is 127. The summed E-state index contributed by atoms with van der Waals surface area (Å²) in [6.07, 6.45) is 5.24. The summed E-state index contributed by atoms with van der Waals surface area (Å²) in [5.41, 5.74) is 1.57. The number of methoxy groups -OCH3 is 2. The molecule has 0 atom stereocenters. The summed E-state index contributed by atoms with van der Waals surface area (Å²) in [6, 6.07) is 5.92. The van der Waals surface area contributed by atoms with E-state index in [1.165, 1.54) is 25.7 Å². The number of rotatable bonds is 8. The molecule has 6 heteroatoms. The third-order valence-corrected chi connectivity index (χ3v) is 5.01. The van der Waals surface area contributed by atoms with Crippen molar-refractivity contribution in [2.75, 3.05) is 27.3 Å². The number of nitrogens with one attached hydrogen (secondary N) is 2. The predicted octanol–water partition coefficient (Wildman–Crippen LogP) is 3.96. The van der Waals surface area contributed by atoms with E-state index in [0.29, 0.717) is 12.0 Å². The van der Waals surface area contributed by atoms with Crippen molar-refractivity contribution in [2.24, 2.45) is 10.4 Å². The van der Waals surface area contributed by atoms with Crippen LogP contribution in [0.25, 0.3) is 0 Å². The molecular weight excluding hydrogens is 429 g/mol. The van der Waals surface area contributed by atoms with E-state index in [9.17, 15) is 0 Å². The zero-order chi connectivity index (χ0) is 17.4. The summed E-state index contributed by atoms with van der Waals surface area (Å²) in [5, 5.41) is 6.85. The number of aliphatic imine (C=N–C) groups is 1. The van der Waals surface area contributed by atoms with Crippen LogP contribution in [-0.4, -0.2) is 33.3 Å². The highest BCUT2D eigenvalue weighted by Crippen LogP contribution is 2.43. The van der Waals surface area contributed by atoms with Gasteiger partial charge < -0.3 is 20.1 Å². The number of hydrogen-bond donors (Lipinski definition) is 2. The van der Waals surface area contributed by atoms with E-state index < -0.39 is 0 Å². The molecule has 1 saturated carbocycles. The molecule has 142 valence electrons. The molecule has 1 aliphatic carbocycles. The molecular formula is C19H32IN3O2. The third-order valence-electron chi connectivity index (χ3n) is 5.01. The first-order valence-electron chi connectivity index (χ1n) is 8.89. The minimum absolute atomic E-state index is 0. The van der Waals surface area contributed by atoms with Gasteiger partial charge in [0.2, 0.25) is 0 Å². The molecule has 1 fully saturated rings. The number of halogens is 1. The quantitative estimate of drug-likeness (QED) is 0.350. The maximum atomic E-state index is 5.36. The Balaban J connectivity index is 0.00000312. The Kier molecular flexibility index (Phi) is 9.38. The third kappa shape index (κ3) is 5.94. The van der Waals surface area contributed by atoms with Crippen LogP contribution < -0.4 is 20.1 Å². The highest BCUT2D eigenvalue weighted by Gasteiger charge is 2.34. The van der Waals surface area contributed by atoms with Crippen LogP contribution in [0.1, 0.15) is 45.1 Å². The van der Waals surface area contributed by atoms with Gasteiger partial charge in [-0.2, -0.15) is 0 Å². The zero-order valence-corrected chi connectivity index (χ0v) is 18.2. The summed E-state index contributed by atoms with van der Waals surface area (Å²) in [5.74, 6) is 2.36. The lowest BCUT2D eigenvalue weighted by molar-refractivity contribution is 0.131. The zero-order valence-electron chi connectivity index (χ0n) is 15.9. The Morgan fingerprint density at radius 3 is 2.36 bits per heavy atom. The summed E-state index contributed by atoms with van der Waals surface area (Å²) >= 11 is 0. The van der Waals surface area contributed by atoms with Gasteiger partial charge in [-0.05, 0) is 49.3 Å². The molecule has 0 saturated heterocycles. The Hall–Kier alpha value is -1.18. The number of benzene rings is 1. The van der Waals surface area contributed by atoms with E-state index in [2.05, 4.69) is 24.5 Å². The molecule has 1 aromatic rings. The van der Waals surface area contributed by atoms with Gasteiger partial charge in [0, 0.05) is 13.1 Å². The Labute approximate surface area is 169 Å². The van der Waals surface area contributed by atoms with Crippen molar-refractivity contribution in [3.8, 4) is 11.5 Å². The van der Waals surface area contributed by atoms with Gasteiger partial charge in [-0.3, -0.25) is 0 Å². The van der Waals surface area contributed by atoms with Crippen LogP contribution in [0.2, 0.25) is 0 Å². The first kappa shape index (κ1) is 21.9. The van der Waals surface area contributed by atoms with E-state index in [4.69, 9.17) is 14.5 Å². The SMILES string of the molecule is CCNC(=NCc1ccc(OC)c(OC)c1)NCC1(CC)CCC1.I. The van der Waals surface area contributed by atoms with Crippen LogP contribution >= 0.6 is 24.0 Å². The van der Waals surface area contributed by atoms with Crippen molar-refractivity contribution in [2.45, 2.75) is 46.1 Å². The molecule has 5 nitrogen and oxygen atoms in total. The first-order chi connectivity index (χ1) is 11.7. The Morgan fingerprint density at radius 2 is 1.84 bits per heavy atom. The monoisotopic (exact) mass is 461 g/mol. The molecule has 0 spiro atoms. The lowest BCUT2D eigenvalue weighted by Crippen LogP contribution is -2.46. The minimum Gasteiger partial charge on any atom is -0.493 e. The molecule has 0 heterocycles. The van der Waals surface area contributed by atoms with E-state index in [1.807, 2.05) is 18.2 Å². The summed E-state index contributed by atoms with van der Waals surface area (Å²) in [7, 11) is 3.30. The van der Waals surface area contributed by atoms with Crippen molar-refractivity contribution in [1.29, 1.82) is 0 Å². The van der Waals surface area contributed by atoms with Crippen molar-refractivity contribution in [3.63, 3.8) is 0 Å². The topological polar surface area (TPSA) is 54.9 Å². The molecule has 0 aromatic heterocycles. The van der Waals surface area contributed by atoms with Crippen LogP contribution in [0.3, 0.4) is 0 Å². The van der Waals surface area contributed by atoms with Crippen molar-refractivity contribution >= 4 is 29.9 Å². The molecule has 0 aliphatic heterocycles. The van der Waals surface area contributed by atoms with Gasteiger partial charge in [-0.15, -0.1) is 24.0 Å². The van der Waals surface area contributed by atoms with Gasteiger partial charge in [-0.1, -0.05) is 19.4 Å². The fourth-order valence-electron chi connectivity index (χ4n) is 3.09. The summed E-state index contributed by atoms with van der Waals surface area (Å²) in [4.78, 5) is 4.71. The Morgan fingerprint density at radius 1 is 1.12 bits per heavy atom. The second kappa shape index (κ2) is 10.7. The van der Waals surface area contributed by atoms with Crippen molar-refractivity contribution in [3.05, 3.63) is 23.8 Å². The summed E-state index contributed by atoms with van der Waals surface area (Å²) < 4.78 is 10.6. The van der Waals surface area contributed by atoms with E-state index in [1.54, 1.807) is 14.2 Å². The number of hydrogen-bond acceptors (Lipinski definition) is 3. The minimum atomic E-state index is 0. The van der Waals surface area contributed by atoms with Gasteiger partial charge >= 0.3 is 0 Å². The van der Waals surface area contributed by atoms with E-state index >= 15 is 0 Å². The Bertz CT molecular complexity index is 554. The predicted molar refractivity (Wildman–Crippen MR) is 114 cm³/mol. The van der Waals surface area contributed by atoms with Crippen LogP contribution in [0.15, 0.2) is 23.2 Å². The second-order valence-electron chi connectivity index (χ2n) is 6.45. The van der Waals surface area contributed by atoms with Crippen LogP contribution in [0.5, 0.6) is 11.5 Å².